The van der Waals surface area contributed by atoms with E-state index in [0.717, 1.165) is 30.4 Å². The van der Waals surface area contributed by atoms with E-state index in [9.17, 15) is 9.59 Å². The second kappa shape index (κ2) is 8.76. The zero-order chi connectivity index (χ0) is 21.5. The molecule has 1 heterocycles. The zero-order valence-corrected chi connectivity index (χ0v) is 20.2. The molecule has 2 bridgehead atoms. The molecular weight excluding hydrogens is 442 g/mol. The molecule has 4 aliphatic rings. The molecule has 0 aliphatic heterocycles. The molecule has 0 unspecified atom stereocenters. The van der Waals surface area contributed by atoms with E-state index in [4.69, 9.17) is 0 Å². The molecule has 4 atom stereocenters. The van der Waals surface area contributed by atoms with Gasteiger partial charge in [0.15, 0.2) is 5.78 Å². The second-order valence-electron chi connectivity index (χ2n) is 10.6. The van der Waals surface area contributed by atoms with Crippen LogP contribution in [0.15, 0.2) is 15.5 Å². The Morgan fingerprint density at radius 2 is 2.00 bits per heavy atom. The van der Waals surface area contributed by atoms with Gasteiger partial charge in [0, 0.05) is 12.5 Å². The van der Waals surface area contributed by atoms with Crippen molar-refractivity contribution in [3.05, 3.63) is 21.0 Å². The van der Waals surface area contributed by atoms with Gasteiger partial charge >= 0.3 is 0 Å². The number of anilines is 1. The van der Waals surface area contributed by atoms with E-state index in [2.05, 4.69) is 47.1 Å². The summed E-state index contributed by atoms with van der Waals surface area (Å²) in [5.41, 5.74) is 0.968. The van der Waals surface area contributed by atoms with E-state index in [1.165, 1.54) is 43.2 Å². The van der Waals surface area contributed by atoms with Crippen LogP contribution in [0, 0.1) is 29.1 Å². The number of hydrogen-bond donors (Lipinski definition) is 1. The van der Waals surface area contributed by atoms with Gasteiger partial charge in [0.2, 0.25) is 0 Å². The van der Waals surface area contributed by atoms with Crippen molar-refractivity contribution < 1.29 is 4.79 Å². The lowest BCUT2D eigenvalue weighted by Crippen LogP contribution is -2.58. The van der Waals surface area contributed by atoms with Crippen molar-refractivity contribution in [2.24, 2.45) is 29.1 Å². The van der Waals surface area contributed by atoms with Crippen molar-refractivity contribution >= 4 is 27.4 Å². The largest absolute Gasteiger partial charge is 0.380 e. The van der Waals surface area contributed by atoms with Crippen LogP contribution in [0.1, 0.15) is 78.6 Å². The number of nitrogens with zero attached hydrogens (tertiary/aromatic N) is 2. The quantitative estimate of drug-likeness (QED) is 0.569. The number of ketones is 1. The van der Waals surface area contributed by atoms with Crippen LogP contribution in [0.3, 0.4) is 0 Å². The molecule has 0 spiro atoms. The van der Waals surface area contributed by atoms with Crippen molar-refractivity contribution in [1.29, 1.82) is 0 Å². The van der Waals surface area contributed by atoms with Crippen molar-refractivity contribution in [2.75, 3.05) is 5.32 Å². The summed E-state index contributed by atoms with van der Waals surface area (Å²) >= 11 is 3.47. The van der Waals surface area contributed by atoms with Gasteiger partial charge in [-0.25, -0.2) is 4.68 Å². The number of carbonyl (C=O) groups excluding carboxylic acids is 1. The van der Waals surface area contributed by atoms with Gasteiger partial charge in [0.1, 0.15) is 11.0 Å². The Morgan fingerprint density at radius 3 is 2.67 bits per heavy atom. The lowest BCUT2D eigenvalue weighted by Gasteiger charge is -2.62. The highest BCUT2D eigenvalue weighted by atomic mass is 79.9. The topological polar surface area (TPSA) is 64.0 Å². The van der Waals surface area contributed by atoms with E-state index < -0.39 is 0 Å². The van der Waals surface area contributed by atoms with Gasteiger partial charge < -0.3 is 5.32 Å². The molecule has 0 saturated heterocycles. The summed E-state index contributed by atoms with van der Waals surface area (Å²) in [7, 11) is 0. The molecule has 30 heavy (non-hydrogen) atoms. The lowest BCUT2D eigenvalue weighted by molar-refractivity contribution is -0.120. The molecule has 1 N–H and O–H groups in total. The highest BCUT2D eigenvalue weighted by Gasteiger charge is 2.56. The van der Waals surface area contributed by atoms with Crippen LogP contribution < -0.4 is 10.9 Å². The van der Waals surface area contributed by atoms with Gasteiger partial charge in [0.05, 0.1) is 11.9 Å². The number of rotatable bonds is 7. The highest BCUT2D eigenvalue weighted by molar-refractivity contribution is 9.10. The lowest BCUT2D eigenvalue weighted by atomic mass is 9.45. The molecule has 4 aliphatic carbocycles. The summed E-state index contributed by atoms with van der Waals surface area (Å²) in [6.45, 7) is 7.18. The van der Waals surface area contributed by atoms with Gasteiger partial charge in [-0.05, 0) is 64.3 Å². The minimum atomic E-state index is -0.222. The summed E-state index contributed by atoms with van der Waals surface area (Å²) in [5.74, 6) is 2.85. The van der Waals surface area contributed by atoms with Gasteiger partial charge in [-0.2, -0.15) is 5.10 Å². The molecule has 1 aromatic heterocycles. The third-order valence-electron chi connectivity index (χ3n) is 8.56. The maximum atomic E-state index is 12.8. The highest BCUT2D eigenvalue weighted by Crippen LogP contribution is 2.61. The van der Waals surface area contributed by atoms with E-state index in [0.29, 0.717) is 34.2 Å². The second-order valence-corrected chi connectivity index (χ2v) is 11.4. The maximum absolute atomic E-state index is 12.8. The standard InChI is InChI=1S/C24H36BrN3O2/c1-15-19-11-17(24(19,2)3)12-20(15)27-21-13-26-28(23(30)22(21)25)14-18(29)10-9-16-7-5-4-6-8-16/h13,15-17,19-20,27H,4-12,14H2,1-3H3/t15-,17-,19+,20-/m1/s1. The molecule has 5 nitrogen and oxygen atoms in total. The minimum absolute atomic E-state index is 0.0720. The molecule has 166 valence electrons. The first-order chi connectivity index (χ1) is 14.3. The monoisotopic (exact) mass is 477 g/mol. The van der Waals surface area contributed by atoms with Crippen molar-refractivity contribution in [3.8, 4) is 0 Å². The third kappa shape index (κ3) is 4.26. The van der Waals surface area contributed by atoms with Crippen LogP contribution in [-0.2, 0) is 11.3 Å². The summed E-state index contributed by atoms with van der Waals surface area (Å²) in [6.07, 6.45) is 12.1. The Morgan fingerprint density at radius 1 is 1.27 bits per heavy atom. The molecule has 6 heteroatoms. The fourth-order valence-corrected chi connectivity index (χ4v) is 6.73. The predicted octanol–water partition coefficient (Wildman–Crippen LogP) is 5.42. The van der Waals surface area contributed by atoms with E-state index in [1.807, 2.05) is 0 Å². The smallest absolute Gasteiger partial charge is 0.283 e. The van der Waals surface area contributed by atoms with Crippen molar-refractivity contribution in [2.45, 2.75) is 91.1 Å². The predicted molar refractivity (Wildman–Crippen MR) is 124 cm³/mol. The average Bonchev–Trinajstić information content (AvgIpc) is 2.73. The Bertz CT molecular complexity index is 843. The van der Waals surface area contributed by atoms with Crippen LogP contribution in [0.5, 0.6) is 0 Å². The number of aromatic nitrogens is 2. The van der Waals surface area contributed by atoms with E-state index >= 15 is 0 Å². The third-order valence-corrected chi connectivity index (χ3v) is 9.33. The van der Waals surface area contributed by atoms with E-state index in [1.54, 1.807) is 6.20 Å². The molecule has 0 aromatic carbocycles. The first-order valence-electron chi connectivity index (χ1n) is 11.8. The fraction of sp³-hybridized carbons (Fsp3) is 0.792. The summed E-state index contributed by atoms with van der Waals surface area (Å²) < 4.78 is 1.80. The molecule has 4 saturated carbocycles. The Hall–Kier alpha value is -1.17. The Balaban J connectivity index is 1.35. The van der Waals surface area contributed by atoms with Gasteiger partial charge in [-0.15, -0.1) is 0 Å². The van der Waals surface area contributed by atoms with Gasteiger partial charge in [0.25, 0.3) is 5.56 Å². The molecule has 1 aromatic rings. The molecule has 0 radical (unpaired) electrons. The first kappa shape index (κ1) is 22.0. The SMILES string of the molecule is C[C@H]1[C@H](Nc2cnn(CC(=O)CCC3CCCCC3)c(=O)c2Br)C[C@H]2C[C@@H]1C2(C)C. The zero-order valence-electron chi connectivity index (χ0n) is 18.6. The summed E-state index contributed by atoms with van der Waals surface area (Å²) in [4.78, 5) is 25.2. The van der Waals surface area contributed by atoms with Crippen LogP contribution >= 0.6 is 15.9 Å². The summed E-state index contributed by atoms with van der Waals surface area (Å²) in [6, 6.07) is 0.368. The van der Waals surface area contributed by atoms with Crippen LogP contribution in [0.4, 0.5) is 5.69 Å². The number of halogens is 1. The number of fused-ring (bicyclic) bond motifs is 2. The average molecular weight is 478 g/mol. The summed E-state index contributed by atoms with van der Waals surface area (Å²) in [5, 5.41) is 7.89. The molecule has 0 amide bonds. The normalized spacial score (nSPS) is 30.5. The fourth-order valence-electron chi connectivity index (χ4n) is 6.31. The first-order valence-corrected chi connectivity index (χ1v) is 12.6. The van der Waals surface area contributed by atoms with Gasteiger partial charge in [-0.1, -0.05) is 52.9 Å². The number of carbonyl (C=O) groups is 1. The minimum Gasteiger partial charge on any atom is -0.380 e. The molecular formula is C24H36BrN3O2. The molecule has 4 fully saturated rings. The Kier molecular flexibility index (Phi) is 6.43. The van der Waals surface area contributed by atoms with E-state index in [-0.39, 0.29) is 17.9 Å². The Labute approximate surface area is 188 Å². The van der Waals surface area contributed by atoms with Crippen LogP contribution in [0.2, 0.25) is 0 Å². The number of hydrogen-bond acceptors (Lipinski definition) is 4. The van der Waals surface area contributed by atoms with Crippen LogP contribution in [-0.4, -0.2) is 21.6 Å². The van der Waals surface area contributed by atoms with Crippen molar-refractivity contribution in [1.82, 2.24) is 9.78 Å². The van der Waals surface area contributed by atoms with Crippen molar-refractivity contribution in [3.63, 3.8) is 0 Å². The number of Topliss-reactive ketones (excluding diaryl/α,β-unsaturated/α-hetero) is 1. The van der Waals surface area contributed by atoms with Crippen LogP contribution in [0.25, 0.3) is 0 Å². The molecule has 5 rings (SSSR count). The van der Waals surface area contributed by atoms with Gasteiger partial charge in [-0.3, -0.25) is 9.59 Å². The maximum Gasteiger partial charge on any atom is 0.283 e. The number of nitrogens with one attached hydrogen (secondary N) is 1.